The summed E-state index contributed by atoms with van der Waals surface area (Å²) in [6.07, 6.45) is 1.59. The monoisotopic (exact) mass is 343 g/mol. The molecule has 0 radical (unpaired) electrons. The van der Waals surface area contributed by atoms with Crippen LogP contribution in [-0.2, 0) is 6.42 Å². The summed E-state index contributed by atoms with van der Waals surface area (Å²) in [6, 6.07) is 8.50. The fourth-order valence-corrected chi connectivity index (χ4v) is 3.48. The molecule has 0 aliphatic heterocycles. The number of hydrogen-bond donors (Lipinski definition) is 2. The predicted molar refractivity (Wildman–Crippen MR) is 92.9 cm³/mol. The number of aromatic carboxylic acids is 1. The molecule has 0 saturated carbocycles. The molecule has 1 aliphatic rings. The van der Waals surface area contributed by atoms with Gasteiger partial charge in [-0.3, -0.25) is 4.79 Å². The van der Waals surface area contributed by atoms with Crippen LogP contribution in [0.4, 0.5) is 0 Å². The van der Waals surface area contributed by atoms with Gasteiger partial charge in [0.25, 0.3) is 5.91 Å². The van der Waals surface area contributed by atoms with Crippen molar-refractivity contribution < 1.29 is 14.7 Å². The highest BCUT2D eigenvalue weighted by Gasteiger charge is 2.27. The topological polar surface area (TPSA) is 66.4 Å². The van der Waals surface area contributed by atoms with Gasteiger partial charge in [-0.15, -0.1) is 0 Å². The Labute approximate surface area is 145 Å². The maximum atomic E-state index is 12.6. The van der Waals surface area contributed by atoms with Crippen molar-refractivity contribution in [3.63, 3.8) is 0 Å². The number of carbonyl (C=O) groups is 2. The number of hydrogen-bond acceptors (Lipinski definition) is 2. The summed E-state index contributed by atoms with van der Waals surface area (Å²) in [5.41, 5.74) is 4.51. The normalized spacial score (nSPS) is 15.9. The van der Waals surface area contributed by atoms with E-state index >= 15 is 0 Å². The van der Waals surface area contributed by atoms with Crippen LogP contribution in [0.25, 0.3) is 0 Å². The first-order valence-electron chi connectivity index (χ1n) is 7.81. The second-order valence-electron chi connectivity index (χ2n) is 6.17. The largest absolute Gasteiger partial charge is 0.478 e. The Morgan fingerprint density at radius 2 is 1.96 bits per heavy atom. The third-order valence-corrected chi connectivity index (χ3v) is 5.06. The third-order valence-electron chi connectivity index (χ3n) is 4.55. The number of benzene rings is 2. The predicted octanol–water partition coefficient (Wildman–Crippen LogP) is 4.07. The summed E-state index contributed by atoms with van der Waals surface area (Å²) in [5, 5.41) is 12.7. The smallest absolute Gasteiger partial charge is 0.335 e. The Morgan fingerprint density at radius 1 is 1.21 bits per heavy atom. The van der Waals surface area contributed by atoms with Crippen LogP contribution in [0, 0.1) is 13.8 Å². The quantitative estimate of drug-likeness (QED) is 0.882. The van der Waals surface area contributed by atoms with Gasteiger partial charge in [-0.05, 0) is 67.1 Å². The molecular weight excluding hydrogens is 326 g/mol. The first kappa shape index (κ1) is 16.5. The van der Waals surface area contributed by atoms with Crippen LogP contribution in [-0.4, -0.2) is 17.0 Å². The van der Waals surface area contributed by atoms with E-state index in [1.807, 2.05) is 19.9 Å². The Bertz CT molecular complexity index is 845. The van der Waals surface area contributed by atoms with E-state index in [-0.39, 0.29) is 17.5 Å². The van der Waals surface area contributed by atoms with Crippen LogP contribution in [0.15, 0.2) is 30.3 Å². The molecule has 2 N–H and O–H groups in total. The summed E-state index contributed by atoms with van der Waals surface area (Å²) in [5.74, 6) is -1.19. The van der Waals surface area contributed by atoms with E-state index in [0.717, 1.165) is 35.1 Å². The Morgan fingerprint density at radius 3 is 2.67 bits per heavy atom. The number of halogens is 1. The minimum absolute atomic E-state index is 0.193. The van der Waals surface area contributed by atoms with Gasteiger partial charge in [-0.25, -0.2) is 4.79 Å². The summed E-state index contributed by atoms with van der Waals surface area (Å²) in [6.45, 7) is 3.76. The number of fused-ring (bicyclic) bond motifs is 1. The fourth-order valence-electron chi connectivity index (χ4n) is 3.27. The molecule has 24 heavy (non-hydrogen) atoms. The lowest BCUT2D eigenvalue weighted by Gasteiger charge is -2.16. The molecule has 1 unspecified atom stereocenters. The van der Waals surface area contributed by atoms with E-state index in [9.17, 15) is 14.7 Å². The zero-order valence-corrected chi connectivity index (χ0v) is 14.3. The molecule has 1 amide bonds. The molecule has 0 spiro atoms. The molecule has 3 rings (SSSR count). The van der Waals surface area contributed by atoms with Crippen molar-refractivity contribution in [2.75, 3.05) is 0 Å². The lowest BCUT2D eigenvalue weighted by atomic mass is 9.99. The van der Waals surface area contributed by atoms with Crippen molar-refractivity contribution in [2.24, 2.45) is 0 Å². The van der Waals surface area contributed by atoms with Gasteiger partial charge in [-0.1, -0.05) is 23.7 Å². The van der Waals surface area contributed by atoms with Gasteiger partial charge in [0, 0.05) is 0 Å². The number of amides is 1. The van der Waals surface area contributed by atoms with Crippen LogP contribution in [0.1, 0.15) is 55.4 Å². The molecule has 2 aromatic rings. The van der Waals surface area contributed by atoms with Gasteiger partial charge in [0.05, 0.1) is 22.2 Å². The molecule has 2 aromatic carbocycles. The Hall–Kier alpha value is -2.33. The Kier molecular flexibility index (Phi) is 4.33. The molecule has 0 fully saturated rings. The van der Waals surface area contributed by atoms with Crippen LogP contribution in [0.5, 0.6) is 0 Å². The highest BCUT2D eigenvalue weighted by atomic mass is 35.5. The van der Waals surface area contributed by atoms with Crippen molar-refractivity contribution >= 4 is 23.5 Å². The van der Waals surface area contributed by atoms with E-state index in [4.69, 9.17) is 11.6 Å². The van der Waals surface area contributed by atoms with Gasteiger partial charge in [0.1, 0.15) is 0 Å². The van der Waals surface area contributed by atoms with Gasteiger partial charge in [0.2, 0.25) is 0 Å². The zero-order chi connectivity index (χ0) is 17.4. The maximum absolute atomic E-state index is 12.6. The van der Waals surface area contributed by atoms with Gasteiger partial charge in [0.15, 0.2) is 0 Å². The average molecular weight is 344 g/mol. The molecule has 0 heterocycles. The fraction of sp³-hybridized carbons (Fsp3) is 0.263. The zero-order valence-electron chi connectivity index (χ0n) is 13.5. The second-order valence-corrected chi connectivity index (χ2v) is 6.55. The minimum atomic E-state index is -0.959. The van der Waals surface area contributed by atoms with Crippen molar-refractivity contribution in [1.82, 2.24) is 5.32 Å². The summed E-state index contributed by atoms with van der Waals surface area (Å²) in [7, 11) is 0. The number of carboxylic acids is 1. The lowest BCUT2D eigenvalue weighted by Crippen LogP contribution is -2.27. The van der Waals surface area contributed by atoms with Crippen molar-refractivity contribution in [2.45, 2.75) is 32.7 Å². The van der Waals surface area contributed by atoms with E-state index in [0.29, 0.717) is 10.6 Å². The van der Waals surface area contributed by atoms with Crippen LogP contribution >= 0.6 is 11.6 Å². The minimum Gasteiger partial charge on any atom is -0.478 e. The van der Waals surface area contributed by atoms with Crippen LogP contribution in [0.2, 0.25) is 5.02 Å². The van der Waals surface area contributed by atoms with E-state index < -0.39 is 5.97 Å². The maximum Gasteiger partial charge on any atom is 0.335 e. The third kappa shape index (κ3) is 2.89. The van der Waals surface area contributed by atoms with Gasteiger partial charge < -0.3 is 10.4 Å². The van der Waals surface area contributed by atoms with Crippen molar-refractivity contribution in [3.8, 4) is 0 Å². The van der Waals surface area contributed by atoms with E-state index in [2.05, 4.69) is 5.32 Å². The van der Waals surface area contributed by atoms with Gasteiger partial charge >= 0.3 is 5.97 Å². The summed E-state index contributed by atoms with van der Waals surface area (Å²) >= 11 is 6.23. The van der Waals surface area contributed by atoms with Gasteiger partial charge in [-0.2, -0.15) is 0 Å². The second kappa shape index (κ2) is 6.29. The number of carbonyl (C=O) groups excluding carboxylic acids is 1. The molecule has 5 heteroatoms. The highest BCUT2D eigenvalue weighted by molar-refractivity contribution is 6.34. The highest BCUT2D eigenvalue weighted by Crippen LogP contribution is 2.35. The number of nitrogens with one attached hydrogen (secondary N) is 1. The molecule has 0 saturated heterocycles. The SMILES string of the molecule is Cc1cccc(C(=O)NC2CCc3c(C)cc(C(=O)O)cc32)c1Cl. The average Bonchev–Trinajstić information content (AvgIpc) is 2.93. The molecule has 0 aromatic heterocycles. The molecule has 0 bridgehead atoms. The van der Waals surface area contributed by atoms with Crippen LogP contribution in [0.3, 0.4) is 0 Å². The standard InChI is InChI=1S/C19H18ClNO3/c1-10-4-3-5-14(17(10)20)18(22)21-16-7-6-13-11(2)8-12(19(23)24)9-15(13)16/h3-5,8-9,16H,6-7H2,1-2H3,(H,21,22)(H,23,24). The number of rotatable bonds is 3. The Balaban J connectivity index is 1.90. The summed E-state index contributed by atoms with van der Waals surface area (Å²) < 4.78 is 0. The molecular formula is C19H18ClNO3. The first-order valence-corrected chi connectivity index (χ1v) is 8.19. The molecule has 124 valence electrons. The van der Waals surface area contributed by atoms with Crippen LogP contribution < -0.4 is 5.32 Å². The van der Waals surface area contributed by atoms with Crippen molar-refractivity contribution in [3.05, 3.63) is 68.7 Å². The lowest BCUT2D eigenvalue weighted by molar-refractivity contribution is 0.0696. The number of aryl methyl sites for hydroxylation is 2. The molecule has 1 aliphatic carbocycles. The summed E-state index contributed by atoms with van der Waals surface area (Å²) in [4.78, 5) is 23.9. The van der Waals surface area contributed by atoms with E-state index in [1.165, 1.54) is 0 Å². The number of carboxylic acid groups (broad SMARTS) is 1. The van der Waals surface area contributed by atoms with E-state index in [1.54, 1.807) is 24.3 Å². The first-order chi connectivity index (χ1) is 11.4. The molecule has 1 atom stereocenters. The van der Waals surface area contributed by atoms with Crippen molar-refractivity contribution in [1.29, 1.82) is 0 Å². The molecule has 4 nitrogen and oxygen atoms in total.